The van der Waals surface area contributed by atoms with Crippen LogP contribution in [0.3, 0.4) is 0 Å². The Morgan fingerprint density at radius 2 is 1.71 bits per heavy atom. The molecule has 6 heteroatoms. The lowest BCUT2D eigenvalue weighted by Crippen LogP contribution is -2.15. The Morgan fingerprint density at radius 3 is 2.43 bits per heavy atom. The zero-order valence-corrected chi connectivity index (χ0v) is 16.3. The first-order valence-electron chi connectivity index (χ1n) is 9.26. The summed E-state index contributed by atoms with van der Waals surface area (Å²) in [7, 11) is 1.37. The molecule has 2 aromatic carbocycles. The second kappa shape index (κ2) is 8.99. The SMILES string of the molecule is CCC(C)Nc1cc(Nc2ccccc2C(=O)OC)nc(-c2ccccc2)n1. The summed E-state index contributed by atoms with van der Waals surface area (Å²) in [4.78, 5) is 21.4. The average Bonchev–Trinajstić information content (AvgIpc) is 2.74. The van der Waals surface area contributed by atoms with Gasteiger partial charge in [0.2, 0.25) is 0 Å². The largest absolute Gasteiger partial charge is 0.465 e. The van der Waals surface area contributed by atoms with Crippen molar-refractivity contribution in [2.45, 2.75) is 26.3 Å². The number of carbonyl (C=O) groups is 1. The van der Waals surface area contributed by atoms with E-state index in [-0.39, 0.29) is 6.04 Å². The van der Waals surface area contributed by atoms with Gasteiger partial charge >= 0.3 is 5.97 Å². The third kappa shape index (κ3) is 4.65. The predicted octanol–water partition coefficient (Wildman–Crippen LogP) is 4.88. The molecular formula is C22H24N4O2. The Kier molecular flexibility index (Phi) is 6.22. The molecule has 0 aliphatic heterocycles. The number of ether oxygens (including phenoxy) is 1. The van der Waals surface area contributed by atoms with E-state index < -0.39 is 5.97 Å². The predicted molar refractivity (Wildman–Crippen MR) is 112 cm³/mol. The van der Waals surface area contributed by atoms with Crippen molar-refractivity contribution in [3.8, 4) is 11.4 Å². The van der Waals surface area contributed by atoms with E-state index in [0.29, 0.717) is 22.9 Å². The number of carbonyl (C=O) groups excluding carboxylic acids is 1. The summed E-state index contributed by atoms with van der Waals surface area (Å²) in [5.74, 6) is 1.52. The summed E-state index contributed by atoms with van der Waals surface area (Å²) in [6, 6.07) is 19.1. The summed E-state index contributed by atoms with van der Waals surface area (Å²) in [6.45, 7) is 4.21. The molecule has 1 aromatic heterocycles. The van der Waals surface area contributed by atoms with Crippen LogP contribution in [0.15, 0.2) is 60.7 Å². The van der Waals surface area contributed by atoms with Gasteiger partial charge in [-0.05, 0) is 25.5 Å². The summed E-state index contributed by atoms with van der Waals surface area (Å²) in [5.41, 5.74) is 1.99. The van der Waals surface area contributed by atoms with E-state index in [4.69, 9.17) is 4.74 Å². The highest BCUT2D eigenvalue weighted by Gasteiger charge is 2.14. The molecule has 0 fully saturated rings. The molecular weight excluding hydrogens is 352 g/mol. The van der Waals surface area contributed by atoms with E-state index in [0.717, 1.165) is 17.8 Å². The summed E-state index contributed by atoms with van der Waals surface area (Å²) >= 11 is 0. The van der Waals surface area contributed by atoms with Gasteiger partial charge in [0.25, 0.3) is 0 Å². The number of nitrogens with zero attached hydrogens (tertiary/aromatic N) is 2. The average molecular weight is 376 g/mol. The topological polar surface area (TPSA) is 76.1 Å². The number of benzene rings is 2. The van der Waals surface area contributed by atoms with Crippen molar-refractivity contribution in [1.82, 2.24) is 9.97 Å². The molecule has 6 nitrogen and oxygen atoms in total. The highest BCUT2D eigenvalue weighted by molar-refractivity contribution is 5.96. The van der Waals surface area contributed by atoms with Gasteiger partial charge in [-0.2, -0.15) is 0 Å². The lowest BCUT2D eigenvalue weighted by atomic mass is 10.1. The van der Waals surface area contributed by atoms with Gasteiger partial charge in [0.1, 0.15) is 11.6 Å². The van der Waals surface area contributed by atoms with Gasteiger partial charge in [0.05, 0.1) is 18.4 Å². The molecule has 0 aliphatic carbocycles. The molecule has 1 heterocycles. The monoisotopic (exact) mass is 376 g/mol. The van der Waals surface area contributed by atoms with Crippen molar-refractivity contribution in [3.63, 3.8) is 0 Å². The van der Waals surface area contributed by atoms with Crippen molar-refractivity contribution in [2.24, 2.45) is 0 Å². The fourth-order valence-corrected chi connectivity index (χ4v) is 2.67. The second-order valence-corrected chi connectivity index (χ2v) is 6.44. The van der Waals surface area contributed by atoms with Gasteiger partial charge in [-0.25, -0.2) is 14.8 Å². The van der Waals surface area contributed by atoms with Crippen LogP contribution in [0.25, 0.3) is 11.4 Å². The third-order valence-electron chi connectivity index (χ3n) is 4.36. The molecule has 0 aliphatic rings. The molecule has 0 saturated carbocycles. The molecule has 3 rings (SSSR count). The van der Waals surface area contributed by atoms with Crippen LogP contribution < -0.4 is 10.6 Å². The van der Waals surface area contributed by atoms with E-state index in [2.05, 4.69) is 34.4 Å². The summed E-state index contributed by atoms with van der Waals surface area (Å²) in [6.07, 6.45) is 0.971. The highest BCUT2D eigenvalue weighted by Crippen LogP contribution is 2.25. The fourth-order valence-electron chi connectivity index (χ4n) is 2.67. The molecule has 0 amide bonds. The summed E-state index contributed by atoms with van der Waals surface area (Å²) in [5, 5.41) is 6.63. The zero-order valence-electron chi connectivity index (χ0n) is 16.3. The van der Waals surface area contributed by atoms with Crippen LogP contribution in [-0.2, 0) is 4.74 Å². The van der Waals surface area contributed by atoms with E-state index in [1.165, 1.54) is 7.11 Å². The smallest absolute Gasteiger partial charge is 0.339 e. The number of aromatic nitrogens is 2. The number of nitrogens with one attached hydrogen (secondary N) is 2. The van der Waals surface area contributed by atoms with Gasteiger partial charge in [0.15, 0.2) is 5.82 Å². The maximum absolute atomic E-state index is 12.1. The van der Waals surface area contributed by atoms with Crippen LogP contribution in [0.5, 0.6) is 0 Å². The zero-order chi connectivity index (χ0) is 19.9. The lowest BCUT2D eigenvalue weighted by Gasteiger charge is -2.16. The second-order valence-electron chi connectivity index (χ2n) is 6.44. The fraction of sp³-hybridized carbons (Fsp3) is 0.227. The van der Waals surface area contributed by atoms with Crippen LogP contribution in [0.4, 0.5) is 17.3 Å². The number of hydrogen-bond donors (Lipinski definition) is 2. The van der Waals surface area contributed by atoms with E-state index in [1.54, 1.807) is 12.1 Å². The Labute approximate surface area is 165 Å². The van der Waals surface area contributed by atoms with E-state index >= 15 is 0 Å². The molecule has 3 aromatic rings. The van der Waals surface area contributed by atoms with Gasteiger partial charge in [-0.1, -0.05) is 49.4 Å². The van der Waals surface area contributed by atoms with Crippen molar-refractivity contribution < 1.29 is 9.53 Å². The molecule has 0 saturated heterocycles. The summed E-state index contributed by atoms with van der Waals surface area (Å²) < 4.78 is 4.87. The molecule has 2 N–H and O–H groups in total. The Morgan fingerprint density at radius 1 is 1.04 bits per heavy atom. The molecule has 144 valence electrons. The number of methoxy groups -OCH3 is 1. The van der Waals surface area contributed by atoms with E-state index in [1.807, 2.05) is 48.5 Å². The third-order valence-corrected chi connectivity index (χ3v) is 4.36. The molecule has 0 spiro atoms. The van der Waals surface area contributed by atoms with Crippen molar-refractivity contribution in [3.05, 3.63) is 66.2 Å². The van der Waals surface area contributed by atoms with Gasteiger partial charge in [-0.15, -0.1) is 0 Å². The molecule has 1 unspecified atom stereocenters. The van der Waals surface area contributed by atoms with Crippen molar-refractivity contribution >= 4 is 23.3 Å². The van der Waals surface area contributed by atoms with Crippen molar-refractivity contribution in [1.29, 1.82) is 0 Å². The standard InChI is InChI=1S/C22H24N4O2/c1-4-15(2)23-19-14-20(26-21(25-19)16-10-6-5-7-11-16)24-18-13-9-8-12-17(18)22(27)28-3/h5-15H,4H2,1-3H3,(H2,23,24,25,26). The van der Waals surface area contributed by atoms with Gasteiger partial charge in [0, 0.05) is 17.7 Å². The first-order chi connectivity index (χ1) is 13.6. The molecule has 1 atom stereocenters. The number of para-hydroxylation sites is 1. The highest BCUT2D eigenvalue weighted by atomic mass is 16.5. The maximum Gasteiger partial charge on any atom is 0.339 e. The van der Waals surface area contributed by atoms with Crippen LogP contribution in [0.1, 0.15) is 30.6 Å². The number of esters is 1. The van der Waals surface area contributed by atoms with E-state index in [9.17, 15) is 4.79 Å². The minimum absolute atomic E-state index is 0.272. The van der Waals surface area contributed by atoms with Crippen LogP contribution in [0, 0.1) is 0 Å². The normalized spacial score (nSPS) is 11.5. The molecule has 0 bridgehead atoms. The Balaban J connectivity index is 2.01. The Hall–Kier alpha value is -3.41. The minimum atomic E-state index is -0.404. The number of hydrogen-bond acceptors (Lipinski definition) is 6. The van der Waals surface area contributed by atoms with Crippen LogP contribution >= 0.6 is 0 Å². The lowest BCUT2D eigenvalue weighted by molar-refractivity contribution is 0.0602. The van der Waals surface area contributed by atoms with Crippen LogP contribution in [0.2, 0.25) is 0 Å². The van der Waals surface area contributed by atoms with Gasteiger partial charge < -0.3 is 15.4 Å². The van der Waals surface area contributed by atoms with Crippen LogP contribution in [-0.4, -0.2) is 29.1 Å². The first-order valence-corrected chi connectivity index (χ1v) is 9.26. The van der Waals surface area contributed by atoms with Crippen molar-refractivity contribution in [2.75, 3.05) is 17.7 Å². The molecule has 0 radical (unpaired) electrons. The quantitative estimate of drug-likeness (QED) is 0.572. The Bertz CT molecular complexity index is 944. The number of rotatable bonds is 7. The maximum atomic E-state index is 12.1. The minimum Gasteiger partial charge on any atom is -0.465 e. The molecule has 28 heavy (non-hydrogen) atoms. The van der Waals surface area contributed by atoms with Gasteiger partial charge in [-0.3, -0.25) is 0 Å². The first kappa shape index (κ1) is 19.4. The number of anilines is 3.